The first-order valence-electron chi connectivity index (χ1n) is 12.6. The number of tetrazole rings is 1. The van der Waals surface area contributed by atoms with Crippen LogP contribution >= 0.6 is 0 Å². The van der Waals surface area contributed by atoms with Crippen molar-refractivity contribution in [2.75, 3.05) is 27.2 Å². The van der Waals surface area contributed by atoms with Crippen LogP contribution in [-0.4, -0.2) is 62.2 Å². The summed E-state index contributed by atoms with van der Waals surface area (Å²) in [5.41, 5.74) is 6.64. The predicted molar refractivity (Wildman–Crippen MR) is 148 cm³/mol. The van der Waals surface area contributed by atoms with E-state index in [9.17, 15) is 0 Å². The van der Waals surface area contributed by atoms with E-state index in [-0.39, 0.29) is 6.04 Å². The van der Waals surface area contributed by atoms with Crippen molar-refractivity contribution in [3.8, 4) is 5.69 Å². The predicted octanol–water partition coefficient (Wildman–Crippen LogP) is 4.98. The molecule has 0 saturated heterocycles. The maximum atomic E-state index is 4.67. The minimum Gasteiger partial charge on any atom is -0.308 e. The van der Waals surface area contributed by atoms with Gasteiger partial charge < -0.3 is 4.90 Å². The van der Waals surface area contributed by atoms with Crippen LogP contribution in [0.25, 0.3) is 16.6 Å². The molecule has 0 fully saturated rings. The summed E-state index contributed by atoms with van der Waals surface area (Å²) in [6, 6.07) is 27.1. The molecule has 7 heteroatoms. The first-order chi connectivity index (χ1) is 18.0. The van der Waals surface area contributed by atoms with Gasteiger partial charge in [-0.2, -0.15) is 4.68 Å². The Kier molecular flexibility index (Phi) is 7.35. The second-order valence-corrected chi connectivity index (χ2v) is 9.77. The Hall–Kier alpha value is -3.94. The highest BCUT2D eigenvalue weighted by atomic mass is 15.6. The number of benzene rings is 3. The van der Waals surface area contributed by atoms with Crippen molar-refractivity contribution in [3.05, 3.63) is 113 Å². The smallest absolute Gasteiger partial charge is 0.178 e. The number of pyridine rings is 1. The molecule has 3 aromatic carbocycles. The van der Waals surface area contributed by atoms with Crippen molar-refractivity contribution in [2.24, 2.45) is 0 Å². The van der Waals surface area contributed by atoms with E-state index in [1.165, 1.54) is 5.56 Å². The number of fused-ring (bicyclic) bond motifs is 1. The van der Waals surface area contributed by atoms with Gasteiger partial charge in [0.05, 0.1) is 17.2 Å². The van der Waals surface area contributed by atoms with Crippen LogP contribution in [0.2, 0.25) is 0 Å². The van der Waals surface area contributed by atoms with Gasteiger partial charge in [0.25, 0.3) is 0 Å². The highest BCUT2D eigenvalue weighted by Crippen LogP contribution is 2.34. The Morgan fingerprint density at radius 3 is 2.30 bits per heavy atom. The maximum Gasteiger partial charge on any atom is 0.178 e. The number of hydrogen-bond acceptors (Lipinski definition) is 6. The Morgan fingerprint density at radius 2 is 1.54 bits per heavy atom. The lowest BCUT2D eigenvalue weighted by molar-refractivity contribution is 0.187. The van der Waals surface area contributed by atoms with Gasteiger partial charge in [-0.05, 0) is 72.8 Å². The van der Waals surface area contributed by atoms with Crippen LogP contribution in [0.15, 0.2) is 85.1 Å². The Balaban J connectivity index is 1.73. The summed E-state index contributed by atoms with van der Waals surface area (Å²) in [5.74, 6) is 0.795. The zero-order valence-electron chi connectivity index (χ0n) is 21.9. The molecule has 7 nitrogen and oxygen atoms in total. The van der Waals surface area contributed by atoms with E-state index >= 15 is 0 Å². The molecular weight excluding hydrogens is 458 g/mol. The van der Waals surface area contributed by atoms with E-state index in [2.05, 4.69) is 131 Å². The molecule has 0 N–H and O–H groups in total. The maximum absolute atomic E-state index is 4.67. The first kappa shape index (κ1) is 24.7. The van der Waals surface area contributed by atoms with E-state index < -0.39 is 0 Å². The number of nitrogens with zero attached hydrogens (tertiary/aromatic N) is 7. The van der Waals surface area contributed by atoms with Gasteiger partial charge in [-0.15, -0.1) is 5.10 Å². The quantitative estimate of drug-likeness (QED) is 0.290. The second kappa shape index (κ2) is 11.0. The Labute approximate surface area is 218 Å². The molecule has 1 unspecified atom stereocenters. The molecule has 2 aromatic heterocycles. The molecule has 0 aliphatic rings. The number of rotatable bonds is 9. The fraction of sp³-hybridized carbons (Fsp3) is 0.267. The summed E-state index contributed by atoms with van der Waals surface area (Å²) in [5, 5.41) is 14.5. The van der Waals surface area contributed by atoms with Crippen molar-refractivity contribution in [1.82, 2.24) is 35.0 Å². The van der Waals surface area contributed by atoms with Gasteiger partial charge in [0.1, 0.15) is 0 Å². The van der Waals surface area contributed by atoms with Gasteiger partial charge in [0.2, 0.25) is 0 Å². The van der Waals surface area contributed by atoms with E-state index in [0.29, 0.717) is 0 Å². The number of aryl methyl sites for hydroxylation is 2. The number of aromatic nitrogens is 5. The first-order valence-corrected chi connectivity index (χ1v) is 12.6. The van der Waals surface area contributed by atoms with Gasteiger partial charge in [-0.1, -0.05) is 66.7 Å². The summed E-state index contributed by atoms with van der Waals surface area (Å²) >= 11 is 0. The van der Waals surface area contributed by atoms with E-state index in [4.69, 9.17) is 0 Å². The topological polar surface area (TPSA) is 63.0 Å². The molecule has 5 aromatic rings. The van der Waals surface area contributed by atoms with E-state index in [1.807, 2.05) is 16.9 Å². The number of likely N-dealkylation sites (N-methyl/N-ethyl adjacent to an activating group) is 1. The minimum absolute atomic E-state index is 0.193. The second-order valence-electron chi connectivity index (χ2n) is 9.77. The molecule has 0 aliphatic heterocycles. The molecule has 0 amide bonds. The van der Waals surface area contributed by atoms with Gasteiger partial charge in [0, 0.05) is 31.2 Å². The van der Waals surface area contributed by atoms with Crippen LogP contribution < -0.4 is 0 Å². The third kappa shape index (κ3) is 5.28. The summed E-state index contributed by atoms with van der Waals surface area (Å²) in [6.45, 7) is 6.71. The van der Waals surface area contributed by atoms with E-state index in [1.54, 1.807) is 0 Å². The Morgan fingerprint density at radius 1 is 0.811 bits per heavy atom. The summed E-state index contributed by atoms with van der Waals surface area (Å²) < 4.78 is 1.93. The van der Waals surface area contributed by atoms with Crippen molar-refractivity contribution >= 4 is 10.9 Å². The SMILES string of the molecule is Cc1cccc(C)c1-n1nnnc1C(c1ccnc2ccccc12)N(CCN(C)C)Cc1ccccc1. The van der Waals surface area contributed by atoms with Crippen molar-refractivity contribution < 1.29 is 0 Å². The zero-order chi connectivity index (χ0) is 25.8. The van der Waals surface area contributed by atoms with Gasteiger partial charge in [-0.25, -0.2) is 0 Å². The zero-order valence-corrected chi connectivity index (χ0v) is 21.9. The fourth-order valence-corrected chi connectivity index (χ4v) is 4.96. The van der Waals surface area contributed by atoms with Crippen LogP contribution in [0, 0.1) is 13.8 Å². The lowest BCUT2D eigenvalue weighted by atomic mass is 9.98. The molecule has 0 spiro atoms. The fourth-order valence-electron chi connectivity index (χ4n) is 4.96. The van der Waals surface area contributed by atoms with Crippen LogP contribution in [-0.2, 0) is 6.54 Å². The summed E-state index contributed by atoms with van der Waals surface area (Å²) in [4.78, 5) is 9.34. The summed E-state index contributed by atoms with van der Waals surface area (Å²) in [7, 11) is 4.22. The highest BCUT2D eigenvalue weighted by molar-refractivity contribution is 5.82. The third-order valence-corrected chi connectivity index (χ3v) is 6.79. The minimum atomic E-state index is -0.193. The number of hydrogen-bond donors (Lipinski definition) is 0. The van der Waals surface area contributed by atoms with Crippen molar-refractivity contribution in [1.29, 1.82) is 0 Å². The van der Waals surface area contributed by atoms with Crippen molar-refractivity contribution in [3.63, 3.8) is 0 Å². The lowest BCUT2D eigenvalue weighted by Crippen LogP contribution is -2.36. The highest BCUT2D eigenvalue weighted by Gasteiger charge is 2.31. The lowest BCUT2D eigenvalue weighted by Gasteiger charge is -2.33. The van der Waals surface area contributed by atoms with Crippen LogP contribution in [0.1, 0.15) is 34.1 Å². The van der Waals surface area contributed by atoms with Gasteiger partial charge in [-0.3, -0.25) is 9.88 Å². The van der Waals surface area contributed by atoms with Crippen LogP contribution in [0.3, 0.4) is 0 Å². The van der Waals surface area contributed by atoms with Crippen LogP contribution in [0.4, 0.5) is 0 Å². The molecule has 188 valence electrons. The molecule has 0 saturated carbocycles. The van der Waals surface area contributed by atoms with Crippen molar-refractivity contribution in [2.45, 2.75) is 26.4 Å². The molecular formula is C30H33N7. The molecule has 0 aliphatic carbocycles. The number of para-hydroxylation sites is 2. The average molecular weight is 492 g/mol. The largest absolute Gasteiger partial charge is 0.308 e. The average Bonchev–Trinajstić information content (AvgIpc) is 3.37. The molecule has 2 heterocycles. The van der Waals surface area contributed by atoms with Crippen LogP contribution in [0.5, 0.6) is 0 Å². The van der Waals surface area contributed by atoms with Gasteiger partial charge >= 0.3 is 0 Å². The normalized spacial score (nSPS) is 12.5. The molecule has 37 heavy (non-hydrogen) atoms. The molecule has 1 atom stereocenters. The monoisotopic (exact) mass is 491 g/mol. The summed E-state index contributed by atoms with van der Waals surface area (Å²) in [6.07, 6.45) is 1.89. The standard InChI is InChI=1S/C30H33N7/c1-22-11-10-12-23(2)28(22)37-30(32-33-34-37)29(26-17-18-31-27-16-9-8-15-25(26)27)36(20-19-35(3)4)21-24-13-6-5-7-14-24/h5-18,29H,19-21H2,1-4H3. The molecule has 0 bridgehead atoms. The molecule has 0 radical (unpaired) electrons. The van der Waals surface area contributed by atoms with Gasteiger partial charge in [0.15, 0.2) is 5.82 Å². The Bertz CT molecular complexity index is 1450. The molecule has 5 rings (SSSR count). The van der Waals surface area contributed by atoms with E-state index in [0.717, 1.165) is 58.7 Å². The third-order valence-electron chi connectivity index (χ3n) is 6.79.